The molecule has 0 unspecified atom stereocenters. The van der Waals surface area contributed by atoms with Gasteiger partial charge in [-0.15, -0.1) is 24.0 Å². The third-order valence-corrected chi connectivity index (χ3v) is 5.08. The van der Waals surface area contributed by atoms with Gasteiger partial charge in [0.05, 0.1) is 5.75 Å². The van der Waals surface area contributed by atoms with Crippen molar-refractivity contribution >= 4 is 40.0 Å². The predicted octanol–water partition coefficient (Wildman–Crippen LogP) is 1.50. The van der Waals surface area contributed by atoms with Crippen LogP contribution >= 0.6 is 24.0 Å². The zero-order chi connectivity index (χ0) is 17.7. The number of hydrogen-bond donors (Lipinski definition) is 2. The van der Waals surface area contributed by atoms with E-state index in [-0.39, 0.29) is 29.7 Å². The molecular formula is C15H35IN4O3S. The molecule has 0 heterocycles. The Bertz CT molecular complexity index is 430. The summed E-state index contributed by atoms with van der Waals surface area (Å²) in [7, 11) is 0.247. The van der Waals surface area contributed by atoms with Crippen molar-refractivity contribution in [1.82, 2.24) is 14.9 Å². The molecule has 0 aliphatic carbocycles. The smallest absolute Gasteiger partial charge is 0.213 e. The number of aliphatic imine (C=N–C) groups is 1. The van der Waals surface area contributed by atoms with E-state index >= 15 is 0 Å². The molecule has 0 aromatic heterocycles. The Kier molecular flexibility index (Phi) is 16.5. The Balaban J connectivity index is 0. The molecule has 0 spiro atoms. The third kappa shape index (κ3) is 13.2. The molecule has 0 saturated heterocycles. The Labute approximate surface area is 165 Å². The molecule has 0 atom stereocenters. The first-order chi connectivity index (χ1) is 10.8. The van der Waals surface area contributed by atoms with Gasteiger partial charge in [0.15, 0.2) is 5.96 Å². The Morgan fingerprint density at radius 1 is 1.21 bits per heavy atom. The molecule has 7 nitrogen and oxygen atoms in total. The van der Waals surface area contributed by atoms with Crippen LogP contribution in [0.25, 0.3) is 0 Å². The molecule has 0 aromatic rings. The highest BCUT2D eigenvalue weighted by Gasteiger charge is 2.13. The first-order valence-electron chi connectivity index (χ1n) is 8.29. The van der Waals surface area contributed by atoms with E-state index in [1.165, 1.54) is 4.31 Å². The zero-order valence-corrected chi connectivity index (χ0v) is 18.8. The van der Waals surface area contributed by atoms with Gasteiger partial charge in [0.25, 0.3) is 0 Å². The SMILES string of the molecule is CCS(=O)(=O)N(C)CCCNC(=NC)NCCCOCC(C)C.I. The number of nitrogens with zero attached hydrogens (tertiary/aromatic N) is 2. The molecule has 0 rings (SSSR count). The molecule has 0 amide bonds. The highest BCUT2D eigenvalue weighted by atomic mass is 127. The third-order valence-electron chi connectivity index (χ3n) is 3.21. The normalized spacial score (nSPS) is 12.4. The lowest BCUT2D eigenvalue weighted by Crippen LogP contribution is -2.39. The fraction of sp³-hybridized carbons (Fsp3) is 0.933. The molecule has 146 valence electrons. The van der Waals surface area contributed by atoms with Gasteiger partial charge in [-0.25, -0.2) is 12.7 Å². The predicted molar refractivity (Wildman–Crippen MR) is 112 cm³/mol. The minimum Gasteiger partial charge on any atom is -0.381 e. The number of ether oxygens (including phenoxy) is 1. The maximum atomic E-state index is 11.6. The van der Waals surface area contributed by atoms with Gasteiger partial charge in [0, 0.05) is 46.9 Å². The van der Waals surface area contributed by atoms with Crippen molar-refractivity contribution in [3.63, 3.8) is 0 Å². The molecule has 2 N–H and O–H groups in total. The van der Waals surface area contributed by atoms with Crippen LogP contribution in [0.3, 0.4) is 0 Å². The van der Waals surface area contributed by atoms with Gasteiger partial charge in [-0.05, 0) is 25.7 Å². The van der Waals surface area contributed by atoms with E-state index in [0.717, 1.165) is 38.6 Å². The number of hydrogen-bond acceptors (Lipinski definition) is 4. The van der Waals surface area contributed by atoms with Crippen molar-refractivity contribution < 1.29 is 13.2 Å². The van der Waals surface area contributed by atoms with Crippen molar-refractivity contribution in [1.29, 1.82) is 0 Å². The number of guanidine groups is 1. The molecule has 24 heavy (non-hydrogen) atoms. The highest BCUT2D eigenvalue weighted by molar-refractivity contribution is 14.0. The summed E-state index contributed by atoms with van der Waals surface area (Å²) >= 11 is 0. The maximum absolute atomic E-state index is 11.6. The van der Waals surface area contributed by atoms with E-state index in [1.807, 2.05) is 0 Å². The van der Waals surface area contributed by atoms with Crippen LogP contribution in [0.5, 0.6) is 0 Å². The van der Waals surface area contributed by atoms with E-state index in [0.29, 0.717) is 19.0 Å². The lowest BCUT2D eigenvalue weighted by Gasteiger charge is -2.17. The molecule has 0 saturated carbocycles. The molecule has 0 aromatic carbocycles. The van der Waals surface area contributed by atoms with E-state index < -0.39 is 10.0 Å². The van der Waals surface area contributed by atoms with Crippen molar-refractivity contribution in [2.24, 2.45) is 10.9 Å². The van der Waals surface area contributed by atoms with Crippen LogP contribution in [-0.2, 0) is 14.8 Å². The van der Waals surface area contributed by atoms with E-state index in [2.05, 4.69) is 29.5 Å². The highest BCUT2D eigenvalue weighted by Crippen LogP contribution is 1.98. The standard InChI is InChI=1S/C15H34N4O3S.HI/c1-6-23(20,21)19(5)11-7-9-17-15(16-4)18-10-8-12-22-13-14(2)3;/h14H,6-13H2,1-5H3,(H2,16,17,18);1H. The van der Waals surface area contributed by atoms with Crippen LogP contribution in [0, 0.1) is 5.92 Å². The van der Waals surface area contributed by atoms with Gasteiger partial charge in [-0.1, -0.05) is 13.8 Å². The van der Waals surface area contributed by atoms with Gasteiger partial charge in [-0.3, -0.25) is 4.99 Å². The van der Waals surface area contributed by atoms with Gasteiger partial charge < -0.3 is 15.4 Å². The molecule has 0 radical (unpaired) electrons. The maximum Gasteiger partial charge on any atom is 0.213 e. The fourth-order valence-electron chi connectivity index (χ4n) is 1.79. The van der Waals surface area contributed by atoms with Crippen LogP contribution in [0.1, 0.15) is 33.6 Å². The summed E-state index contributed by atoms with van der Waals surface area (Å²) < 4.78 is 30.1. The second-order valence-corrected chi connectivity index (χ2v) is 8.19. The quantitative estimate of drug-likeness (QED) is 0.192. The molecule has 0 aliphatic heterocycles. The average Bonchev–Trinajstić information content (AvgIpc) is 2.51. The topological polar surface area (TPSA) is 83.0 Å². The number of rotatable bonds is 12. The van der Waals surface area contributed by atoms with Crippen LogP contribution in [0.4, 0.5) is 0 Å². The fourth-order valence-corrected chi connectivity index (χ4v) is 2.64. The van der Waals surface area contributed by atoms with Crippen LogP contribution in [-0.4, -0.2) is 71.4 Å². The lowest BCUT2D eigenvalue weighted by atomic mass is 10.2. The summed E-state index contributed by atoms with van der Waals surface area (Å²) in [5.74, 6) is 1.43. The number of sulfonamides is 1. The Morgan fingerprint density at radius 2 is 1.79 bits per heavy atom. The van der Waals surface area contributed by atoms with Crippen molar-refractivity contribution in [2.75, 3.05) is 52.7 Å². The monoisotopic (exact) mass is 478 g/mol. The largest absolute Gasteiger partial charge is 0.381 e. The first kappa shape index (κ1) is 26.1. The Hall–Kier alpha value is -0.130. The molecule has 9 heteroatoms. The lowest BCUT2D eigenvalue weighted by molar-refractivity contribution is 0.108. The summed E-state index contributed by atoms with van der Waals surface area (Å²) in [5, 5.41) is 6.39. The second-order valence-electron chi connectivity index (χ2n) is 5.82. The van der Waals surface area contributed by atoms with Crippen LogP contribution in [0.15, 0.2) is 4.99 Å². The minimum atomic E-state index is -3.09. The molecule has 0 aliphatic rings. The van der Waals surface area contributed by atoms with Gasteiger partial charge in [0.2, 0.25) is 10.0 Å². The summed E-state index contributed by atoms with van der Waals surface area (Å²) in [6.45, 7) is 9.42. The molecule has 0 fully saturated rings. The summed E-state index contributed by atoms with van der Waals surface area (Å²) in [4.78, 5) is 4.14. The van der Waals surface area contributed by atoms with Crippen LogP contribution < -0.4 is 10.6 Å². The van der Waals surface area contributed by atoms with E-state index in [9.17, 15) is 8.42 Å². The second kappa shape index (κ2) is 15.2. The summed E-state index contributed by atoms with van der Waals surface area (Å²) in [5.41, 5.74) is 0. The first-order valence-corrected chi connectivity index (χ1v) is 9.90. The zero-order valence-electron chi connectivity index (χ0n) is 15.7. The van der Waals surface area contributed by atoms with Gasteiger partial charge in [0.1, 0.15) is 0 Å². The summed E-state index contributed by atoms with van der Waals surface area (Å²) in [6, 6.07) is 0. The Morgan fingerprint density at radius 3 is 2.29 bits per heavy atom. The van der Waals surface area contributed by atoms with Gasteiger partial charge in [-0.2, -0.15) is 0 Å². The number of nitrogens with one attached hydrogen (secondary N) is 2. The average molecular weight is 478 g/mol. The van der Waals surface area contributed by atoms with E-state index in [4.69, 9.17) is 4.74 Å². The molecular weight excluding hydrogens is 443 g/mol. The van der Waals surface area contributed by atoms with Crippen molar-refractivity contribution in [3.05, 3.63) is 0 Å². The minimum absolute atomic E-state index is 0. The number of halogens is 1. The van der Waals surface area contributed by atoms with Gasteiger partial charge >= 0.3 is 0 Å². The van der Waals surface area contributed by atoms with Crippen molar-refractivity contribution in [3.8, 4) is 0 Å². The van der Waals surface area contributed by atoms with E-state index in [1.54, 1.807) is 21.0 Å². The molecule has 0 bridgehead atoms. The summed E-state index contributed by atoms with van der Waals surface area (Å²) in [6.07, 6.45) is 1.65. The van der Waals surface area contributed by atoms with Crippen molar-refractivity contribution in [2.45, 2.75) is 33.6 Å². The van der Waals surface area contributed by atoms with Crippen LogP contribution in [0.2, 0.25) is 0 Å².